The molecule has 0 atom stereocenters. The van der Waals surface area contributed by atoms with Gasteiger partial charge in [0, 0.05) is 6.54 Å². The number of carboxylic acids is 1. The number of hydrogen-bond donors (Lipinski definition) is 2. The molecule has 3 N–H and O–H groups in total. The Kier molecular flexibility index (Phi) is 9.07. The molecule has 0 fully saturated rings. The van der Waals surface area contributed by atoms with Crippen LogP contribution in [0.3, 0.4) is 0 Å². The first-order chi connectivity index (χ1) is 12.3. The minimum atomic E-state index is -5.08. The minimum absolute atomic E-state index is 0.370. The summed E-state index contributed by atoms with van der Waals surface area (Å²) in [5, 5.41) is 13.3. The van der Waals surface area contributed by atoms with Crippen LogP contribution in [0, 0.1) is 0 Å². The summed E-state index contributed by atoms with van der Waals surface area (Å²) in [5.74, 6) is -2.71. The molecule has 0 bridgehead atoms. The van der Waals surface area contributed by atoms with Crippen LogP contribution in [0.2, 0.25) is 0 Å². The van der Waals surface area contributed by atoms with Crippen LogP contribution in [-0.4, -0.2) is 33.6 Å². The normalized spacial score (nSPS) is 11.1. The highest BCUT2D eigenvalue weighted by Gasteiger charge is 2.38. The first-order valence-corrected chi connectivity index (χ1v) is 8.75. The van der Waals surface area contributed by atoms with Gasteiger partial charge in [0.2, 0.25) is 0 Å². The molecule has 2 aromatic heterocycles. The maximum atomic E-state index is 11.6. The van der Waals surface area contributed by atoms with Crippen molar-refractivity contribution in [3.63, 3.8) is 0 Å². The number of carboxylic acid groups (broad SMARTS) is 1. The highest BCUT2D eigenvalue weighted by atomic mass is 32.1. The molecule has 146 valence electrons. The van der Waals surface area contributed by atoms with Gasteiger partial charge in [0.1, 0.15) is 0 Å². The zero-order chi connectivity index (χ0) is 19.6. The second-order valence-corrected chi connectivity index (χ2v) is 6.18. The number of rotatable bonds is 8. The monoisotopic (exact) mass is 395 g/mol. The summed E-state index contributed by atoms with van der Waals surface area (Å²) in [6, 6.07) is 3.81. The molecule has 7 nitrogen and oxygen atoms in total. The Morgan fingerprint density at radius 3 is 2.42 bits per heavy atom. The first kappa shape index (κ1) is 21.9. The van der Waals surface area contributed by atoms with Gasteiger partial charge in [-0.2, -0.15) is 17.9 Å². The minimum Gasteiger partial charge on any atom is -0.475 e. The smallest absolute Gasteiger partial charge is 0.475 e. The van der Waals surface area contributed by atoms with Crippen LogP contribution in [0.5, 0.6) is 0 Å². The van der Waals surface area contributed by atoms with Crippen molar-refractivity contribution in [2.45, 2.75) is 44.8 Å². The van der Waals surface area contributed by atoms with E-state index in [1.165, 1.54) is 16.0 Å². The number of aliphatic carboxylic acids is 1. The Bertz CT molecular complexity index is 711. The highest BCUT2D eigenvalue weighted by Crippen LogP contribution is 2.21. The molecule has 2 rings (SSSR count). The Morgan fingerprint density at radius 2 is 1.88 bits per heavy atom. The Morgan fingerprint density at radius 1 is 1.27 bits per heavy atom. The predicted octanol–water partition coefficient (Wildman–Crippen LogP) is 3.11. The van der Waals surface area contributed by atoms with Gasteiger partial charge in [-0.15, -0.1) is 16.4 Å². The Labute approximate surface area is 151 Å². The summed E-state index contributed by atoms with van der Waals surface area (Å²) in [4.78, 5) is 21.4. The number of unbranched alkanes of at least 4 members (excludes halogenated alkanes) is 4. The van der Waals surface area contributed by atoms with E-state index in [4.69, 9.17) is 20.1 Å². The molecule has 2 aromatic rings. The lowest BCUT2D eigenvalue weighted by Crippen LogP contribution is -2.21. The van der Waals surface area contributed by atoms with E-state index in [0.717, 1.165) is 43.5 Å². The summed E-state index contributed by atoms with van der Waals surface area (Å²) in [6.07, 6.45) is 0.340. The van der Waals surface area contributed by atoms with Gasteiger partial charge in [-0.25, -0.2) is 9.59 Å². The fourth-order valence-corrected chi connectivity index (χ4v) is 2.53. The van der Waals surface area contributed by atoms with E-state index in [1.807, 2.05) is 17.5 Å². The van der Waals surface area contributed by atoms with Crippen LogP contribution < -0.4 is 11.5 Å². The summed E-state index contributed by atoms with van der Waals surface area (Å²) in [7, 11) is 0. The van der Waals surface area contributed by atoms with Crippen LogP contribution in [0.4, 0.5) is 13.2 Å². The number of carbonyl (C=O) groups is 1. The molecule has 0 radical (unpaired) electrons. The van der Waals surface area contributed by atoms with Crippen LogP contribution in [-0.2, 0) is 11.3 Å². The fourth-order valence-electron chi connectivity index (χ4n) is 1.88. The standard InChI is InChI=1S/C13H19N3O2S.C2HF3O2/c14-8-4-2-1-3-5-9-16-13(17)18-12(15-16)11-7-6-10-19-11;3-2(4,5)1(6)7/h6-7,10H,1-5,8-9,14H2;(H,6,7). The molecule has 0 spiro atoms. The van der Waals surface area contributed by atoms with Crippen molar-refractivity contribution in [1.82, 2.24) is 9.78 Å². The van der Waals surface area contributed by atoms with Crippen LogP contribution in [0.1, 0.15) is 32.1 Å². The lowest BCUT2D eigenvalue weighted by atomic mass is 10.1. The first-order valence-electron chi connectivity index (χ1n) is 7.87. The molecule has 26 heavy (non-hydrogen) atoms. The number of nitrogens with zero attached hydrogens (tertiary/aromatic N) is 2. The average Bonchev–Trinajstić information content (AvgIpc) is 3.20. The van der Waals surface area contributed by atoms with Crippen LogP contribution in [0.25, 0.3) is 10.8 Å². The molecule has 11 heteroatoms. The third kappa shape index (κ3) is 7.83. The molecule has 0 aliphatic rings. The third-order valence-electron chi connectivity index (χ3n) is 3.15. The van der Waals surface area contributed by atoms with Crippen molar-refractivity contribution in [3.05, 3.63) is 28.1 Å². The zero-order valence-electron chi connectivity index (χ0n) is 13.9. The Hall–Kier alpha value is -2.14. The van der Waals surface area contributed by atoms with Gasteiger partial charge in [-0.05, 0) is 30.8 Å². The predicted molar refractivity (Wildman–Crippen MR) is 89.9 cm³/mol. The van der Waals surface area contributed by atoms with E-state index >= 15 is 0 Å². The number of halogens is 3. The van der Waals surface area contributed by atoms with Gasteiger partial charge >= 0.3 is 17.9 Å². The van der Waals surface area contributed by atoms with Gasteiger partial charge in [-0.1, -0.05) is 25.3 Å². The molecular weight excluding hydrogens is 375 g/mol. The van der Waals surface area contributed by atoms with Crippen LogP contribution in [0.15, 0.2) is 26.7 Å². The van der Waals surface area contributed by atoms with E-state index in [-0.39, 0.29) is 5.76 Å². The maximum absolute atomic E-state index is 11.6. The maximum Gasteiger partial charge on any atom is 0.490 e. The van der Waals surface area contributed by atoms with Gasteiger partial charge in [0.05, 0.1) is 4.88 Å². The average molecular weight is 395 g/mol. The lowest BCUT2D eigenvalue weighted by molar-refractivity contribution is -0.192. The van der Waals surface area contributed by atoms with Crippen molar-refractivity contribution in [2.75, 3.05) is 6.54 Å². The second kappa shape index (κ2) is 10.8. The van der Waals surface area contributed by atoms with Crippen molar-refractivity contribution >= 4 is 17.3 Å². The topological polar surface area (TPSA) is 111 Å². The molecule has 0 saturated heterocycles. The largest absolute Gasteiger partial charge is 0.490 e. The molecular formula is C15H20F3N3O4S. The summed E-state index contributed by atoms with van der Waals surface area (Å²) >= 11 is 1.52. The van der Waals surface area contributed by atoms with Gasteiger partial charge in [0.25, 0.3) is 5.89 Å². The molecule has 0 unspecified atom stereocenters. The zero-order valence-corrected chi connectivity index (χ0v) is 14.7. The van der Waals surface area contributed by atoms with Crippen molar-refractivity contribution in [3.8, 4) is 10.8 Å². The summed E-state index contributed by atoms with van der Waals surface area (Å²) < 4.78 is 38.3. The lowest BCUT2D eigenvalue weighted by Gasteiger charge is -1.99. The molecule has 0 aromatic carbocycles. The summed E-state index contributed by atoms with van der Waals surface area (Å²) in [5.41, 5.74) is 5.44. The van der Waals surface area contributed by atoms with Crippen molar-refractivity contribution in [1.29, 1.82) is 0 Å². The number of aryl methyl sites for hydroxylation is 1. The van der Waals surface area contributed by atoms with E-state index in [2.05, 4.69) is 5.10 Å². The number of hydrogen-bond acceptors (Lipinski definition) is 6. The molecule has 2 heterocycles. The van der Waals surface area contributed by atoms with E-state index < -0.39 is 12.1 Å². The van der Waals surface area contributed by atoms with Crippen molar-refractivity contribution < 1.29 is 27.5 Å². The van der Waals surface area contributed by atoms with Gasteiger partial charge in [-0.3, -0.25) is 0 Å². The number of nitrogens with two attached hydrogens (primary N) is 1. The van der Waals surface area contributed by atoms with Crippen molar-refractivity contribution in [2.24, 2.45) is 5.73 Å². The quantitative estimate of drug-likeness (QED) is 0.665. The van der Waals surface area contributed by atoms with Gasteiger partial charge < -0.3 is 15.3 Å². The highest BCUT2D eigenvalue weighted by molar-refractivity contribution is 7.13. The molecule has 0 amide bonds. The summed E-state index contributed by atoms with van der Waals surface area (Å²) in [6.45, 7) is 1.38. The molecule has 0 saturated carbocycles. The third-order valence-corrected chi connectivity index (χ3v) is 4.01. The number of thiophene rings is 1. The second-order valence-electron chi connectivity index (χ2n) is 5.23. The van der Waals surface area contributed by atoms with Gasteiger partial charge in [0.15, 0.2) is 0 Å². The number of alkyl halides is 3. The molecule has 0 aliphatic heterocycles. The van der Waals surface area contributed by atoms with E-state index in [9.17, 15) is 18.0 Å². The Balaban J connectivity index is 0.000000412. The van der Waals surface area contributed by atoms with E-state index in [1.54, 1.807) is 0 Å². The number of aromatic nitrogens is 2. The van der Waals surface area contributed by atoms with Crippen LogP contribution >= 0.6 is 11.3 Å². The molecule has 0 aliphatic carbocycles. The fraction of sp³-hybridized carbons (Fsp3) is 0.533. The van der Waals surface area contributed by atoms with E-state index in [0.29, 0.717) is 12.4 Å². The SMILES string of the molecule is NCCCCCCCn1nc(-c2cccs2)oc1=O.O=C(O)C(F)(F)F.